The van der Waals surface area contributed by atoms with Crippen LogP contribution >= 0.6 is 31.9 Å². The van der Waals surface area contributed by atoms with E-state index >= 15 is 0 Å². The van der Waals surface area contributed by atoms with Crippen molar-refractivity contribution in [3.05, 3.63) is 26.5 Å². The number of nitriles is 1. The minimum absolute atomic E-state index is 0.00810. The summed E-state index contributed by atoms with van der Waals surface area (Å²) in [5, 5.41) is 11.1. The molecule has 1 amide bonds. The number of hydrogen-bond donors (Lipinski definition) is 1. The summed E-state index contributed by atoms with van der Waals surface area (Å²) in [6.45, 7) is 0. The van der Waals surface area contributed by atoms with Gasteiger partial charge in [-0.05, 0) is 37.9 Å². The van der Waals surface area contributed by atoms with Crippen molar-refractivity contribution < 1.29 is 9.21 Å². The summed E-state index contributed by atoms with van der Waals surface area (Å²) in [5.74, 6) is -0.0185. The van der Waals surface area contributed by atoms with E-state index in [-0.39, 0.29) is 5.57 Å². The minimum Gasteiger partial charge on any atom is -0.449 e. The SMILES string of the molecule is CNC(=O)/C(C#N)=C\c1cc(Br)c(Br)o1. The molecule has 0 spiro atoms. The number of hydrogen-bond acceptors (Lipinski definition) is 3. The number of nitrogens with zero attached hydrogens (tertiary/aromatic N) is 1. The second kappa shape index (κ2) is 5.14. The van der Waals surface area contributed by atoms with Crippen LogP contribution < -0.4 is 5.32 Å². The highest BCUT2D eigenvalue weighted by Gasteiger charge is 2.09. The van der Waals surface area contributed by atoms with Crippen molar-refractivity contribution in [2.45, 2.75) is 0 Å². The Morgan fingerprint density at radius 1 is 1.67 bits per heavy atom. The maximum absolute atomic E-state index is 11.2. The first-order chi connectivity index (χ1) is 7.08. The van der Waals surface area contributed by atoms with Crippen LogP contribution in [0.3, 0.4) is 0 Å². The van der Waals surface area contributed by atoms with Crippen LogP contribution in [0, 0.1) is 11.3 Å². The molecule has 0 radical (unpaired) electrons. The summed E-state index contributed by atoms with van der Waals surface area (Å²) in [5.41, 5.74) is -0.00810. The fourth-order valence-corrected chi connectivity index (χ4v) is 1.47. The fraction of sp³-hybridized carbons (Fsp3) is 0.111. The molecule has 0 saturated heterocycles. The average Bonchev–Trinajstić information content (AvgIpc) is 2.53. The van der Waals surface area contributed by atoms with Crippen LogP contribution in [0.25, 0.3) is 6.08 Å². The zero-order valence-electron chi connectivity index (χ0n) is 7.67. The topological polar surface area (TPSA) is 66.0 Å². The Balaban J connectivity index is 3.05. The summed E-state index contributed by atoms with van der Waals surface area (Å²) in [4.78, 5) is 11.2. The highest BCUT2D eigenvalue weighted by molar-refractivity contribution is 9.13. The van der Waals surface area contributed by atoms with Crippen LogP contribution in [-0.2, 0) is 4.79 Å². The van der Waals surface area contributed by atoms with Gasteiger partial charge >= 0.3 is 0 Å². The van der Waals surface area contributed by atoms with E-state index in [0.717, 1.165) is 4.47 Å². The van der Waals surface area contributed by atoms with E-state index in [9.17, 15) is 4.79 Å². The summed E-state index contributed by atoms with van der Waals surface area (Å²) < 4.78 is 6.45. The van der Waals surface area contributed by atoms with Crippen molar-refractivity contribution in [2.75, 3.05) is 7.05 Å². The van der Waals surface area contributed by atoms with Gasteiger partial charge < -0.3 is 9.73 Å². The molecule has 0 aliphatic heterocycles. The van der Waals surface area contributed by atoms with Crippen molar-refractivity contribution in [2.24, 2.45) is 0 Å². The van der Waals surface area contributed by atoms with Crippen molar-refractivity contribution >= 4 is 43.8 Å². The van der Waals surface area contributed by atoms with Crippen LogP contribution in [0.5, 0.6) is 0 Å². The number of likely N-dealkylation sites (N-methyl/N-ethyl adjacent to an activating group) is 1. The Morgan fingerprint density at radius 3 is 2.73 bits per heavy atom. The van der Waals surface area contributed by atoms with Crippen LogP contribution in [0.15, 0.2) is 25.2 Å². The smallest absolute Gasteiger partial charge is 0.261 e. The van der Waals surface area contributed by atoms with Gasteiger partial charge in [-0.15, -0.1) is 0 Å². The maximum Gasteiger partial charge on any atom is 0.261 e. The Bertz CT molecular complexity index is 438. The zero-order chi connectivity index (χ0) is 11.4. The van der Waals surface area contributed by atoms with Gasteiger partial charge in [-0.2, -0.15) is 5.26 Å². The third kappa shape index (κ3) is 2.94. The molecule has 1 aromatic heterocycles. The van der Waals surface area contributed by atoms with Gasteiger partial charge in [-0.1, -0.05) is 0 Å². The highest BCUT2D eigenvalue weighted by Crippen LogP contribution is 2.27. The number of furan rings is 1. The molecule has 0 fully saturated rings. The number of nitrogens with one attached hydrogen (secondary N) is 1. The molecule has 0 aliphatic rings. The van der Waals surface area contributed by atoms with Crippen LogP contribution in [0.4, 0.5) is 0 Å². The Morgan fingerprint density at radius 2 is 2.33 bits per heavy atom. The van der Waals surface area contributed by atoms with Crippen molar-refractivity contribution in [3.63, 3.8) is 0 Å². The molecular weight excluding hydrogens is 328 g/mol. The largest absolute Gasteiger partial charge is 0.449 e. The van der Waals surface area contributed by atoms with Gasteiger partial charge in [0, 0.05) is 13.1 Å². The molecular formula is C9H6Br2N2O2. The Labute approximate surface area is 103 Å². The minimum atomic E-state index is -0.443. The second-order valence-corrected chi connectivity index (χ2v) is 4.09. The number of amides is 1. The zero-order valence-corrected chi connectivity index (χ0v) is 10.8. The van der Waals surface area contributed by atoms with E-state index in [4.69, 9.17) is 9.68 Å². The Hall–Kier alpha value is -1.06. The lowest BCUT2D eigenvalue weighted by Gasteiger charge is -1.94. The molecule has 0 atom stereocenters. The van der Waals surface area contributed by atoms with Crippen LogP contribution in [0.2, 0.25) is 0 Å². The van der Waals surface area contributed by atoms with Gasteiger partial charge in [-0.3, -0.25) is 4.79 Å². The highest BCUT2D eigenvalue weighted by atomic mass is 79.9. The van der Waals surface area contributed by atoms with Crippen molar-refractivity contribution in [1.82, 2.24) is 5.32 Å². The Kier molecular flexibility index (Phi) is 4.12. The quantitative estimate of drug-likeness (QED) is 0.667. The first-order valence-corrected chi connectivity index (χ1v) is 5.45. The molecule has 78 valence electrons. The average molecular weight is 334 g/mol. The second-order valence-electron chi connectivity index (χ2n) is 2.52. The normalized spacial score (nSPS) is 10.9. The van der Waals surface area contributed by atoms with Gasteiger partial charge in [0.2, 0.25) is 0 Å². The van der Waals surface area contributed by atoms with Gasteiger partial charge in [-0.25, -0.2) is 0 Å². The molecule has 0 aliphatic carbocycles. The molecule has 0 unspecified atom stereocenters. The predicted molar refractivity (Wildman–Crippen MR) is 61.8 cm³/mol. The maximum atomic E-state index is 11.2. The number of halogens is 2. The van der Waals surface area contributed by atoms with Gasteiger partial charge in [0.15, 0.2) is 4.67 Å². The third-order valence-corrected chi connectivity index (χ3v) is 3.25. The molecule has 1 heterocycles. The third-order valence-electron chi connectivity index (χ3n) is 1.54. The predicted octanol–water partition coefficient (Wildman–Crippen LogP) is 2.46. The van der Waals surface area contributed by atoms with Gasteiger partial charge in [0.25, 0.3) is 5.91 Å². The lowest BCUT2D eigenvalue weighted by molar-refractivity contribution is -0.116. The molecule has 0 aromatic carbocycles. The lowest BCUT2D eigenvalue weighted by atomic mass is 10.2. The summed E-state index contributed by atoms with van der Waals surface area (Å²) >= 11 is 6.38. The number of carbonyl (C=O) groups is 1. The molecule has 1 N–H and O–H groups in total. The first kappa shape index (κ1) is 12.0. The lowest BCUT2D eigenvalue weighted by Crippen LogP contribution is -2.18. The fourth-order valence-electron chi connectivity index (χ4n) is 0.860. The van der Waals surface area contributed by atoms with E-state index in [1.807, 2.05) is 0 Å². The first-order valence-electron chi connectivity index (χ1n) is 3.87. The van der Waals surface area contributed by atoms with E-state index in [1.54, 1.807) is 12.1 Å². The van der Waals surface area contributed by atoms with E-state index in [2.05, 4.69) is 37.2 Å². The molecule has 0 saturated carbocycles. The van der Waals surface area contributed by atoms with Gasteiger partial charge in [0.05, 0.1) is 4.47 Å². The molecule has 15 heavy (non-hydrogen) atoms. The van der Waals surface area contributed by atoms with Gasteiger partial charge in [0.1, 0.15) is 17.4 Å². The van der Waals surface area contributed by atoms with Crippen LogP contribution in [-0.4, -0.2) is 13.0 Å². The van der Waals surface area contributed by atoms with E-state index in [1.165, 1.54) is 13.1 Å². The molecule has 6 heteroatoms. The monoisotopic (exact) mass is 332 g/mol. The van der Waals surface area contributed by atoms with Crippen LogP contribution in [0.1, 0.15) is 5.76 Å². The molecule has 1 aromatic rings. The summed E-state index contributed by atoms with van der Waals surface area (Å²) in [6, 6.07) is 3.45. The molecule has 4 nitrogen and oxygen atoms in total. The standard InChI is InChI=1S/C9H6Br2N2O2/c1-13-9(14)5(4-12)2-6-3-7(10)8(11)15-6/h2-3H,1H3,(H,13,14)/b5-2-. The summed E-state index contributed by atoms with van der Waals surface area (Å²) in [7, 11) is 1.46. The van der Waals surface area contributed by atoms with E-state index in [0.29, 0.717) is 10.4 Å². The number of carbonyl (C=O) groups excluding carboxylic acids is 1. The van der Waals surface area contributed by atoms with E-state index < -0.39 is 5.91 Å². The van der Waals surface area contributed by atoms with Crippen molar-refractivity contribution in [3.8, 4) is 6.07 Å². The summed E-state index contributed by atoms with van der Waals surface area (Å²) in [6.07, 6.45) is 1.37. The van der Waals surface area contributed by atoms with Crippen molar-refractivity contribution in [1.29, 1.82) is 5.26 Å². The number of rotatable bonds is 2. The molecule has 0 bridgehead atoms. The molecule has 1 rings (SSSR count).